The Bertz CT molecular complexity index is 1400. The molecule has 0 bridgehead atoms. The summed E-state index contributed by atoms with van der Waals surface area (Å²) in [7, 11) is 1.78. The highest BCUT2D eigenvalue weighted by Crippen LogP contribution is 2.37. The molecule has 1 amide bonds. The topological polar surface area (TPSA) is 51.2 Å². The number of anilines is 1. The van der Waals surface area contributed by atoms with E-state index in [0.717, 1.165) is 20.4 Å². The first-order valence-electron chi connectivity index (χ1n) is 11.8. The average Bonchev–Trinajstić information content (AvgIpc) is 3.09. The van der Waals surface area contributed by atoms with Crippen LogP contribution in [0.1, 0.15) is 25.0 Å². The van der Waals surface area contributed by atoms with E-state index in [1.54, 1.807) is 30.2 Å². The Morgan fingerprint density at radius 3 is 2.32 bits per heavy atom. The zero-order chi connectivity index (χ0) is 27.4. The monoisotopic (exact) mass is 682 g/mol. The summed E-state index contributed by atoms with van der Waals surface area (Å²) >= 11 is 20.0. The third-order valence-corrected chi connectivity index (χ3v) is 7.67. The SMILES string of the molecule is CCOc1ccc(N2C(=O)/C(=C/c3cc(I)c(OCc4ccc(Cl)c(Cl)c4)c(OCC)c3)N(C)C2=S)cc1. The van der Waals surface area contributed by atoms with Gasteiger partial charge in [0.25, 0.3) is 5.91 Å². The molecule has 1 aliphatic heterocycles. The molecule has 38 heavy (non-hydrogen) atoms. The predicted octanol–water partition coefficient (Wildman–Crippen LogP) is 7.58. The molecular weight excluding hydrogens is 658 g/mol. The fraction of sp³-hybridized carbons (Fsp3) is 0.214. The molecule has 0 aromatic heterocycles. The number of likely N-dealkylation sites (N-methyl/N-ethyl adjacent to an activating group) is 1. The number of amides is 1. The first-order valence-corrected chi connectivity index (χ1v) is 14.1. The second-order valence-electron chi connectivity index (χ2n) is 8.24. The van der Waals surface area contributed by atoms with Crippen LogP contribution in [0.5, 0.6) is 17.2 Å². The predicted molar refractivity (Wildman–Crippen MR) is 165 cm³/mol. The third-order valence-electron chi connectivity index (χ3n) is 5.67. The fourth-order valence-electron chi connectivity index (χ4n) is 3.86. The highest BCUT2D eigenvalue weighted by atomic mass is 127. The Hall–Kier alpha value is -2.53. The van der Waals surface area contributed by atoms with Crippen molar-refractivity contribution in [1.82, 2.24) is 4.90 Å². The van der Waals surface area contributed by atoms with Crippen molar-refractivity contribution in [2.45, 2.75) is 20.5 Å². The Morgan fingerprint density at radius 1 is 0.947 bits per heavy atom. The number of carbonyl (C=O) groups is 1. The first-order chi connectivity index (χ1) is 18.2. The van der Waals surface area contributed by atoms with Crippen molar-refractivity contribution in [3.8, 4) is 17.2 Å². The minimum atomic E-state index is -0.213. The Morgan fingerprint density at radius 2 is 1.66 bits per heavy atom. The van der Waals surface area contributed by atoms with Crippen LogP contribution in [0.15, 0.2) is 60.3 Å². The van der Waals surface area contributed by atoms with Gasteiger partial charge in [-0.15, -0.1) is 0 Å². The molecule has 3 aromatic carbocycles. The molecule has 0 radical (unpaired) electrons. The van der Waals surface area contributed by atoms with Gasteiger partial charge in [0.2, 0.25) is 0 Å². The minimum absolute atomic E-state index is 0.213. The quantitative estimate of drug-likeness (QED) is 0.132. The first kappa shape index (κ1) is 28.5. The number of ether oxygens (including phenoxy) is 3. The molecule has 4 rings (SSSR count). The van der Waals surface area contributed by atoms with Gasteiger partial charge in [-0.2, -0.15) is 0 Å². The molecule has 3 aromatic rings. The number of hydrogen-bond donors (Lipinski definition) is 0. The summed E-state index contributed by atoms with van der Waals surface area (Å²) in [4.78, 5) is 16.7. The largest absolute Gasteiger partial charge is 0.494 e. The van der Waals surface area contributed by atoms with Crippen molar-refractivity contribution in [2.24, 2.45) is 0 Å². The van der Waals surface area contributed by atoms with Crippen LogP contribution in [0.2, 0.25) is 10.0 Å². The summed E-state index contributed by atoms with van der Waals surface area (Å²) in [6.07, 6.45) is 1.80. The van der Waals surface area contributed by atoms with Gasteiger partial charge in [-0.05, 0) is 114 Å². The van der Waals surface area contributed by atoms with Crippen LogP contribution < -0.4 is 19.1 Å². The Balaban J connectivity index is 1.61. The van der Waals surface area contributed by atoms with E-state index in [1.165, 1.54) is 4.90 Å². The molecule has 0 aliphatic carbocycles. The van der Waals surface area contributed by atoms with Crippen LogP contribution in [0.25, 0.3) is 6.08 Å². The van der Waals surface area contributed by atoms with E-state index >= 15 is 0 Å². The van der Waals surface area contributed by atoms with Gasteiger partial charge in [0, 0.05) is 7.05 Å². The second kappa shape index (κ2) is 12.5. The van der Waals surface area contributed by atoms with E-state index in [2.05, 4.69) is 22.6 Å². The summed E-state index contributed by atoms with van der Waals surface area (Å²) in [5.74, 6) is 1.70. The Labute approximate surface area is 251 Å². The molecule has 10 heteroatoms. The number of nitrogens with zero attached hydrogens (tertiary/aromatic N) is 2. The minimum Gasteiger partial charge on any atom is -0.494 e. The highest BCUT2D eigenvalue weighted by Gasteiger charge is 2.36. The van der Waals surface area contributed by atoms with E-state index in [-0.39, 0.29) is 5.91 Å². The van der Waals surface area contributed by atoms with Gasteiger partial charge >= 0.3 is 0 Å². The number of benzene rings is 3. The van der Waals surface area contributed by atoms with Crippen LogP contribution in [-0.4, -0.2) is 36.2 Å². The number of rotatable bonds is 9. The van der Waals surface area contributed by atoms with Gasteiger partial charge in [-0.1, -0.05) is 29.3 Å². The van der Waals surface area contributed by atoms with Crippen LogP contribution in [0, 0.1) is 3.57 Å². The lowest BCUT2D eigenvalue weighted by atomic mass is 10.1. The number of carbonyl (C=O) groups excluding carboxylic acids is 1. The number of thiocarbonyl (C=S) groups is 1. The summed E-state index contributed by atoms with van der Waals surface area (Å²) in [5, 5.41) is 1.35. The van der Waals surface area contributed by atoms with Crippen molar-refractivity contribution >= 4 is 80.8 Å². The molecule has 1 aliphatic rings. The fourth-order valence-corrected chi connectivity index (χ4v) is 5.25. The maximum absolute atomic E-state index is 13.4. The lowest BCUT2D eigenvalue weighted by Crippen LogP contribution is -2.31. The van der Waals surface area contributed by atoms with E-state index in [1.807, 2.05) is 56.3 Å². The van der Waals surface area contributed by atoms with E-state index < -0.39 is 0 Å². The second-order valence-corrected chi connectivity index (χ2v) is 10.6. The van der Waals surface area contributed by atoms with Crippen LogP contribution >= 0.6 is 58.0 Å². The van der Waals surface area contributed by atoms with Crippen LogP contribution in [0.3, 0.4) is 0 Å². The van der Waals surface area contributed by atoms with Crippen molar-refractivity contribution in [1.29, 1.82) is 0 Å². The summed E-state index contributed by atoms with van der Waals surface area (Å²) in [6.45, 7) is 5.14. The molecule has 1 heterocycles. The molecular formula is C28H25Cl2IN2O4S. The average molecular weight is 683 g/mol. The molecule has 198 valence electrons. The summed E-state index contributed by atoms with van der Waals surface area (Å²) in [5.41, 5.74) is 2.79. The van der Waals surface area contributed by atoms with Crippen LogP contribution in [-0.2, 0) is 11.4 Å². The molecule has 0 N–H and O–H groups in total. The lowest BCUT2D eigenvalue weighted by molar-refractivity contribution is -0.114. The standard InChI is InChI=1S/C28H25Cl2IN2O4S/c1-4-35-20-9-7-19(8-10-20)33-27(34)24(32(3)28(33)38)14-18-13-23(31)26(25(15-18)36-5-2)37-16-17-6-11-21(29)22(30)12-17/h6-15H,4-5,16H2,1-3H3/b24-14-. The third kappa shape index (κ3) is 6.20. The lowest BCUT2D eigenvalue weighted by Gasteiger charge is -2.17. The Kier molecular flexibility index (Phi) is 9.40. The highest BCUT2D eigenvalue weighted by molar-refractivity contribution is 14.1. The van der Waals surface area contributed by atoms with Gasteiger partial charge < -0.3 is 19.1 Å². The van der Waals surface area contributed by atoms with Gasteiger partial charge in [0.15, 0.2) is 16.6 Å². The summed E-state index contributed by atoms with van der Waals surface area (Å²) in [6, 6.07) is 16.5. The van der Waals surface area contributed by atoms with Crippen molar-refractivity contribution in [3.05, 3.63) is 85.0 Å². The molecule has 1 saturated heterocycles. The van der Waals surface area contributed by atoms with Gasteiger partial charge in [0.05, 0.1) is 32.5 Å². The molecule has 0 saturated carbocycles. The zero-order valence-corrected chi connectivity index (χ0v) is 25.5. The normalized spacial score (nSPS) is 14.4. The van der Waals surface area contributed by atoms with E-state index in [4.69, 9.17) is 49.6 Å². The maximum Gasteiger partial charge on any atom is 0.281 e. The van der Waals surface area contributed by atoms with Crippen molar-refractivity contribution in [2.75, 3.05) is 25.2 Å². The molecule has 0 atom stereocenters. The van der Waals surface area contributed by atoms with Gasteiger partial charge in [-0.3, -0.25) is 9.69 Å². The molecule has 1 fully saturated rings. The summed E-state index contributed by atoms with van der Waals surface area (Å²) < 4.78 is 18.4. The van der Waals surface area contributed by atoms with E-state index in [9.17, 15) is 4.79 Å². The molecule has 0 spiro atoms. The van der Waals surface area contributed by atoms with Crippen molar-refractivity contribution in [3.63, 3.8) is 0 Å². The van der Waals surface area contributed by atoms with Crippen LogP contribution in [0.4, 0.5) is 5.69 Å². The van der Waals surface area contributed by atoms with Gasteiger partial charge in [0.1, 0.15) is 18.1 Å². The van der Waals surface area contributed by atoms with Crippen molar-refractivity contribution < 1.29 is 19.0 Å². The zero-order valence-electron chi connectivity index (χ0n) is 21.0. The van der Waals surface area contributed by atoms with E-state index in [0.29, 0.717) is 57.9 Å². The number of halogens is 3. The maximum atomic E-state index is 13.4. The smallest absolute Gasteiger partial charge is 0.281 e. The molecule has 6 nitrogen and oxygen atoms in total. The van der Waals surface area contributed by atoms with Gasteiger partial charge in [-0.25, -0.2) is 0 Å². The number of hydrogen-bond acceptors (Lipinski definition) is 5. The molecule has 0 unspecified atom stereocenters.